The molecule has 0 bridgehead atoms. The van der Waals surface area contributed by atoms with Gasteiger partial charge in [-0.3, -0.25) is 40.5 Å². The van der Waals surface area contributed by atoms with Gasteiger partial charge < -0.3 is 33.7 Å². The average molecular weight is 623 g/mol. The van der Waals surface area contributed by atoms with Crippen molar-refractivity contribution in [1.82, 2.24) is 0 Å². The lowest BCUT2D eigenvalue weighted by Crippen LogP contribution is -2.29. The normalized spacial score (nSPS) is 16.8. The molecule has 236 valence electrons. The van der Waals surface area contributed by atoms with Crippen molar-refractivity contribution in [1.29, 1.82) is 5.26 Å². The van der Waals surface area contributed by atoms with Crippen LogP contribution in [0.5, 0.6) is 5.75 Å². The summed E-state index contributed by atoms with van der Waals surface area (Å²) in [4.78, 5) is 43.1. The number of anilines is 2. The molecule has 0 aliphatic carbocycles. The highest BCUT2D eigenvalue weighted by Gasteiger charge is 2.33. The van der Waals surface area contributed by atoms with Crippen molar-refractivity contribution in [3.63, 3.8) is 0 Å². The second-order valence-corrected chi connectivity index (χ2v) is 8.71. The summed E-state index contributed by atoms with van der Waals surface area (Å²) in [6, 6.07) is 4.39. The van der Waals surface area contributed by atoms with E-state index in [0.717, 1.165) is 18.2 Å². The van der Waals surface area contributed by atoms with E-state index in [1.165, 1.54) is 0 Å². The second-order valence-electron chi connectivity index (χ2n) is 8.71. The lowest BCUT2D eigenvalue weighted by atomic mass is 10.1. The molecule has 1 fully saturated rings. The van der Waals surface area contributed by atoms with Crippen LogP contribution in [-0.2, 0) is 23.7 Å². The molecule has 3 rings (SSSR count). The number of rotatable bonds is 9. The van der Waals surface area contributed by atoms with E-state index in [2.05, 4.69) is 5.32 Å². The molecule has 1 heterocycles. The molecule has 1 atom stereocenters. The van der Waals surface area contributed by atoms with Gasteiger partial charge in [0.15, 0.2) is 17.1 Å². The third-order valence-electron chi connectivity index (χ3n) is 5.77. The van der Waals surface area contributed by atoms with Crippen LogP contribution in [0.25, 0.3) is 0 Å². The summed E-state index contributed by atoms with van der Waals surface area (Å²) in [6.07, 6.45) is -0.843. The Kier molecular flexibility index (Phi) is 12.6. The van der Waals surface area contributed by atoms with E-state index in [4.69, 9.17) is 28.4 Å². The number of nitro benzene ring substituents is 4. The van der Waals surface area contributed by atoms with Crippen LogP contribution in [0.15, 0.2) is 24.3 Å². The van der Waals surface area contributed by atoms with Gasteiger partial charge in [-0.25, -0.2) is 0 Å². The Morgan fingerprint density at radius 2 is 1.23 bits per heavy atom. The van der Waals surface area contributed by atoms with Crippen molar-refractivity contribution in [2.75, 3.05) is 71.4 Å². The van der Waals surface area contributed by atoms with E-state index in [-0.39, 0.29) is 33.0 Å². The Balaban J connectivity index is 2.00. The van der Waals surface area contributed by atoms with E-state index >= 15 is 0 Å². The van der Waals surface area contributed by atoms with E-state index in [1.807, 2.05) is 0 Å². The second kappa shape index (κ2) is 16.5. The van der Waals surface area contributed by atoms with Crippen LogP contribution in [0.1, 0.15) is 5.56 Å². The number of hydrogen-bond donors (Lipinski definition) is 1. The number of nitrogens with zero attached hydrogens (tertiary/aromatic N) is 5. The standard InChI is InChI=1S/C24H26N6O14/c25-13-16-9-19(28(33)34)23(20(10-16)29(35)36)26-24-21(30(37)38)11-17(27(31)32)12-22(24)44-15-18-14-42-6-5-40-2-1-39-3-4-41-7-8-43-18/h9-12,18,26H,1-8,14-15H2. The van der Waals surface area contributed by atoms with Gasteiger partial charge in [-0.2, -0.15) is 5.26 Å². The van der Waals surface area contributed by atoms with Crippen LogP contribution in [0.3, 0.4) is 0 Å². The number of nitro groups is 4. The largest absolute Gasteiger partial charge is 0.488 e. The fourth-order valence-corrected chi connectivity index (χ4v) is 3.77. The summed E-state index contributed by atoms with van der Waals surface area (Å²) in [6.45, 7) is 1.51. The van der Waals surface area contributed by atoms with Crippen LogP contribution < -0.4 is 10.1 Å². The zero-order valence-electron chi connectivity index (χ0n) is 22.9. The van der Waals surface area contributed by atoms with E-state index in [1.54, 1.807) is 6.07 Å². The molecule has 0 radical (unpaired) electrons. The summed E-state index contributed by atoms with van der Waals surface area (Å²) >= 11 is 0. The van der Waals surface area contributed by atoms with Gasteiger partial charge in [0.1, 0.15) is 12.7 Å². The fourth-order valence-electron chi connectivity index (χ4n) is 3.77. The molecule has 0 spiro atoms. The lowest BCUT2D eigenvalue weighted by Gasteiger charge is -2.20. The van der Waals surface area contributed by atoms with Crippen LogP contribution in [0, 0.1) is 51.8 Å². The zero-order valence-corrected chi connectivity index (χ0v) is 22.9. The Morgan fingerprint density at radius 1 is 0.727 bits per heavy atom. The SMILES string of the molecule is N#Cc1cc([N+](=O)[O-])c(Nc2c(OCC3COCCOCCOCCOCCO3)cc([N+](=O)[O-])cc2[N+](=O)[O-])c([N+](=O)[O-])c1. The van der Waals surface area contributed by atoms with Crippen molar-refractivity contribution in [3.05, 3.63) is 70.3 Å². The van der Waals surface area contributed by atoms with Gasteiger partial charge in [0.25, 0.3) is 5.69 Å². The molecular weight excluding hydrogens is 596 g/mol. The predicted octanol–water partition coefficient (Wildman–Crippen LogP) is 2.78. The molecule has 1 aliphatic heterocycles. The molecule has 20 heteroatoms. The van der Waals surface area contributed by atoms with Crippen molar-refractivity contribution < 1.29 is 48.1 Å². The Morgan fingerprint density at radius 3 is 1.73 bits per heavy atom. The van der Waals surface area contributed by atoms with Crippen LogP contribution in [-0.4, -0.2) is 91.9 Å². The minimum absolute atomic E-state index is 0.0633. The Bertz CT molecular complexity index is 1360. The number of hydrogen-bond acceptors (Lipinski definition) is 16. The van der Waals surface area contributed by atoms with Crippen molar-refractivity contribution in [3.8, 4) is 11.8 Å². The quantitative estimate of drug-likeness (QED) is 0.311. The van der Waals surface area contributed by atoms with Crippen LogP contribution in [0.2, 0.25) is 0 Å². The maximum atomic E-state index is 12.0. The van der Waals surface area contributed by atoms with Crippen LogP contribution in [0.4, 0.5) is 34.1 Å². The first-order valence-corrected chi connectivity index (χ1v) is 12.8. The van der Waals surface area contributed by atoms with E-state index in [0.29, 0.717) is 32.5 Å². The number of ether oxygens (including phenoxy) is 6. The highest BCUT2D eigenvalue weighted by atomic mass is 16.6. The van der Waals surface area contributed by atoms with Gasteiger partial charge in [-0.05, 0) is 0 Å². The molecule has 1 aliphatic rings. The minimum Gasteiger partial charge on any atom is -0.488 e. The molecular formula is C24H26N6O14. The van der Waals surface area contributed by atoms with Gasteiger partial charge in [0.05, 0.1) is 103 Å². The number of benzene rings is 2. The molecule has 44 heavy (non-hydrogen) atoms. The summed E-state index contributed by atoms with van der Waals surface area (Å²) in [5.74, 6) is -0.546. The van der Waals surface area contributed by atoms with Gasteiger partial charge >= 0.3 is 17.1 Å². The van der Waals surface area contributed by atoms with Crippen molar-refractivity contribution >= 4 is 34.1 Å². The topological polar surface area (TPSA) is 264 Å². The molecule has 1 unspecified atom stereocenters. The predicted molar refractivity (Wildman–Crippen MR) is 146 cm³/mol. The third-order valence-corrected chi connectivity index (χ3v) is 5.77. The van der Waals surface area contributed by atoms with Crippen molar-refractivity contribution in [2.45, 2.75) is 6.10 Å². The molecule has 1 N–H and O–H groups in total. The Hall–Kier alpha value is -5.07. The maximum Gasteiger partial charge on any atom is 0.303 e. The fraction of sp³-hybridized carbons (Fsp3) is 0.458. The molecule has 20 nitrogen and oxygen atoms in total. The van der Waals surface area contributed by atoms with Gasteiger partial charge in [-0.15, -0.1) is 0 Å². The van der Waals surface area contributed by atoms with Gasteiger partial charge in [0, 0.05) is 12.1 Å². The summed E-state index contributed by atoms with van der Waals surface area (Å²) in [5, 5.41) is 58.6. The summed E-state index contributed by atoms with van der Waals surface area (Å²) in [7, 11) is 0. The smallest absolute Gasteiger partial charge is 0.303 e. The average Bonchev–Trinajstić information content (AvgIpc) is 3.00. The number of non-ortho nitro benzene ring substituents is 1. The van der Waals surface area contributed by atoms with Gasteiger partial charge in [-0.1, -0.05) is 0 Å². The first kappa shape index (κ1) is 33.4. The molecule has 2 aromatic carbocycles. The van der Waals surface area contributed by atoms with E-state index in [9.17, 15) is 45.7 Å². The lowest BCUT2D eigenvalue weighted by molar-refractivity contribution is -0.393. The molecule has 0 saturated carbocycles. The molecule has 0 amide bonds. The third kappa shape index (κ3) is 9.48. The Labute approximate surface area is 247 Å². The number of nitriles is 1. The monoisotopic (exact) mass is 622 g/mol. The molecule has 1 saturated heterocycles. The minimum atomic E-state index is -1.03. The molecule has 2 aromatic rings. The first-order chi connectivity index (χ1) is 21.1. The highest BCUT2D eigenvalue weighted by Crippen LogP contribution is 2.45. The van der Waals surface area contributed by atoms with Gasteiger partial charge in [0.2, 0.25) is 0 Å². The summed E-state index contributed by atoms with van der Waals surface area (Å²) < 4.78 is 33.1. The molecule has 0 aromatic heterocycles. The van der Waals surface area contributed by atoms with Crippen molar-refractivity contribution in [2.24, 2.45) is 0 Å². The maximum absolute atomic E-state index is 12.0. The zero-order chi connectivity index (χ0) is 32.1. The summed E-state index contributed by atoms with van der Waals surface area (Å²) in [5.41, 5.74) is -5.57. The first-order valence-electron chi connectivity index (χ1n) is 12.8. The van der Waals surface area contributed by atoms with E-state index < -0.39 is 77.8 Å². The van der Waals surface area contributed by atoms with Crippen LogP contribution >= 0.6 is 0 Å². The highest BCUT2D eigenvalue weighted by molar-refractivity contribution is 5.86. The number of nitrogens with one attached hydrogen (secondary N) is 1.